The van der Waals surface area contributed by atoms with Crippen molar-refractivity contribution in [2.45, 2.75) is 9.79 Å². The van der Waals surface area contributed by atoms with Crippen LogP contribution in [-0.4, -0.2) is 217 Å². The molecule has 0 heterocycles. The normalized spacial score (nSPS) is 11.6. The predicted octanol–water partition coefficient (Wildman–Crippen LogP) is 3.70. The van der Waals surface area contributed by atoms with Gasteiger partial charge in [0, 0.05) is 62.1 Å². The molecule has 0 atom stereocenters. The van der Waals surface area contributed by atoms with Gasteiger partial charge in [-0.1, -0.05) is 21.6 Å². The van der Waals surface area contributed by atoms with E-state index in [0.29, 0.717) is 111 Å². The minimum absolute atomic E-state index is 0.139. The number of hydrogen-bond acceptors (Lipinski definition) is 14. The van der Waals surface area contributed by atoms with Crippen LogP contribution in [0.3, 0.4) is 0 Å². The number of rotatable bonds is 31. The van der Waals surface area contributed by atoms with Crippen LogP contribution in [-0.2, 0) is 18.9 Å². The summed E-state index contributed by atoms with van der Waals surface area (Å²) in [7, 11) is 22.0. The lowest BCUT2D eigenvalue weighted by atomic mass is 10.2. The number of ether oxygens (including phenoxy) is 6. The van der Waals surface area contributed by atoms with Crippen molar-refractivity contribution in [3.8, 4) is 11.5 Å². The van der Waals surface area contributed by atoms with Crippen molar-refractivity contribution in [2.24, 2.45) is 0 Å². The average molecular weight is 825 g/mol. The van der Waals surface area contributed by atoms with Crippen LogP contribution >= 0.6 is 21.6 Å². The fraction of sp³-hybridized carbons (Fsp3) is 0.650. The number of carbonyl (C=O) groups excluding carboxylic acids is 2. The van der Waals surface area contributed by atoms with Gasteiger partial charge >= 0.3 is 0 Å². The first-order valence-electron chi connectivity index (χ1n) is 19.0. The maximum Gasteiger partial charge on any atom is 0.255 e. The molecule has 0 fully saturated rings. The maximum absolute atomic E-state index is 14.3. The van der Waals surface area contributed by atoms with Crippen LogP contribution in [0.15, 0.2) is 46.2 Å². The highest BCUT2D eigenvalue weighted by Gasteiger charge is 2.24. The summed E-state index contributed by atoms with van der Waals surface area (Å²) in [5.41, 5.74) is 1.04. The lowest BCUT2D eigenvalue weighted by molar-refractivity contribution is 0.0484. The number of likely N-dealkylation sites (N-methyl/N-ethyl adjacent to an activating group) is 4. The molecule has 0 aliphatic rings. The highest BCUT2D eigenvalue weighted by Crippen LogP contribution is 2.43. The van der Waals surface area contributed by atoms with Crippen LogP contribution < -0.4 is 9.47 Å². The van der Waals surface area contributed by atoms with Gasteiger partial charge in [-0.2, -0.15) is 0 Å². The van der Waals surface area contributed by atoms with Crippen molar-refractivity contribution in [2.75, 3.05) is 176 Å². The van der Waals surface area contributed by atoms with E-state index in [2.05, 4.69) is 19.6 Å². The van der Waals surface area contributed by atoms with Crippen LogP contribution in [0.5, 0.6) is 11.5 Å². The summed E-state index contributed by atoms with van der Waals surface area (Å²) in [4.78, 5) is 41.8. The van der Waals surface area contributed by atoms with Gasteiger partial charge in [-0.15, -0.1) is 0 Å². The molecular weight excluding hydrogens is 757 g/mol. The Hall–Kier alpha value is -2.64. The first kappa shape index (κ1) is 49.5. The van der Waals surface area contributed by atoms with Gasteiger partial charge in [0.15, 0.2) is 0 Å². The van der Waals surface area contributed by atoms with Gasteiger partial charge in [0.05, 0.1) is 78.2 Å². The second-order valence-corrected chi connectivity index (χ2v) is 16.4. The van der Waals surface area contributed by atoms with E-state index in [1.807, 2.05) is 68.5 Å². The van der Waals surface area contributed by atoms with Gasteiger partial charge in [-0.05, 0) is 92.8 Å². The molecule has 2 rings (SSSR count). The summed E-state index contributed by atoms with van der Waals surface area (Å²) < 4.78 is 34.7. The monoisotopic (exact) mass is 824 g/mol. The molecule has 0 aromatic heterocycles. The largest absolute Gasteiger partial charge is 0.497 e. The summed E-state index contributed by atoms with van der Waals surface area (Å²) in [6.45, 7) is 8.69. The van der Waals surface area contributed by atoms with Crippen molar-refractivity contribution < 1.29 is 38.0 Å². The Kier molecular flexibility index (Phi) is 25.4. The molecule has 0 aliphatic carbocycles. The summed E-state index contributed by atoms with van der Waals surface area (Å²) >= 11 is 0. The fourth-order valence-electron chi connectivity index (χ4n) is 4.91. The van der Waals surface area contributed by atoms with Gasteiger partial charge in [-0.3, -0.25) is 9.59 Å². The van der Waals surface area contributed by atoms with E-state index in [1.165, 1.54) is 21.6 Å². The molecule has 14 nitrogen and oxygen atoms in total. The SMILES string of the molecule is COc1ccc(C(=O)N(CCOCCN(C)C)CCOCCN(C)C)c(SSc2cc(OC)ccc2C(=O)N(CCOCCN(C)C)CCOCCN(C)C)c1. The van der Waals surface area contributed by atoms with E-state index in [9.17, 15) is 9.59 Å². The summed E-state index contributed by atoms with van der Waals surface area (Å²) in [6, 6.07) is 10.9. The van der Waals surface area contributed by atoms with E-state index in [-0.39, 0.29) is 11.8 Å². The number of nitrogens with zero attached hydrogens (tertiary/aromatic N) is 6. The van der Waals surface area contributed by atoms with Crippen molar-refractivity contribution in [1.29, 1.82) is 0 Å². The van der Waals surface area contributed by atoms with Gasteiger partial charge in [-0.25, -0.2) is 0 Å². The number of carbonyl (C=O) groups is 2. The van der Waals surface area contributed by atoms with Crippen LogP contribution in [0.1, 0.15) is 20.7 Å². The second-order valence-electron chi connectivity index (χ2n) is 14.1. The number of hydrogen-bond donors (Lipinski definition) is 0. The molecule has 0 saturated heterocycles. The smallest absolute Gasteiger partial charge is 0.255 e. The molecule has 0 spiro atoms. The third-order valence-electron chi connectivity index (χ3n) is 8.39. The average Bonchev–Trinajstić information content (AvgIpc) is 3.16. The number of methoxy groups -OCH3 is 2. The first-order valence-corrected chi connectivity index (χ1v) is 21.2. The number of amides is 2. The topological polar surface area (TPSA) is 109 Å². The van der Waals surface area contributed by atoms with E-state index < -0.39 is 0 Å². The van der Waals surface area contributed by atoms with E-state index in [1.54, 1.807) is 48.3 Å². The predicted molar refractivity (Wildman–Crippen MR) is 227 cm³/mol. The fourth-order valence-corrected chi connectivity index (χ4v) is 7.27. The molecule has 0 radical (unpaired) electrons. The summed E-state index contributed by atoms with van der Waals surface area (Å²) in [5.74, 6) is 0.957. The maximum atomic E-state index is 14.3. The third-order valence-corrected chi connectivity index (χ3v) is 10.8. The Morgan fingerprint density at radius 3 is 0.964 bits per heavy atom. The Labute approximate surface area is 344 Å². The highest BCUT2D eigenvalue weighted by atomic mass is 33.1. The van der Waals surface area contributed by atoms with Gasteiger partial charge in [0.25, 0.3) is 11.8 Å². The lowest BCUT2D eigenvalue weighted by Crippen LogP contribution is -2.37. The molecule has 16 heteroatoms. The Morgan fingerprint density at radius 2 is 0.714 bits per heavy atom. The molecule has 0 bridgehead atoms. The Morgan fingerprint density at radius 1 is 0.446 bits per heavy atom. The van der Waals surface area contributed by atoms with Crippen LogP contribution in [0, 0.1) is 0 Å². The minimum Gasteiger partial charge on any atom is -0.497 e. The van der Waals surface area contributed by atoms with Gasteiger partial charge in [0.1, 0.15) is 11.5 Å². The molecular formula is C40H68N6O8S2. The van der Waals surface area contributed by atoms with E-state index >= 15 is 0 Å². The van der Waals surface area contributed by atoms with Gasteiger partial charge in [0.2, 0.25) is 0 Å². The molecule has 2 amide bonds. The zero-order valence-corrected chi connectivity index (χ0v) is 37.2. The standard InChI is InChI=1S/C40H68N6O8S2/c1-41(2)15-23-51-27-19-45(20-28-52-24-16-42(3)4)39(47)35-13-11-33(49-9)31-37(35)55-56-38-32-34(50-10)12-14-36(38)40(48)46(21-29-53-25-17-43(5)6)22-30-54-26-18-44(7)8/h11-14,31-32H,15-30H2,1-10H3. The van der Waals surface area contributed by atoms with Crippen molar-refractivity contribution in [3.63, 3.8) is 0 Å². The molecule has 2 aromatic carbocycles. The third kappa shape index (κ3) is 20.2. The zero-order chi connectivity index (χ0) is 41.3. The van der Waals surface area contributed by atoms with Crippen LogP contribution in [0.2, 0.25) is 0 Å². The molecule has 0 aliphatic heterocycles. The van der Waals surface area contributed by atoms with E-state index in [4.69, 9.17) is 28.4 Å². The van der Waals surface area contributed by atoms with Crippen LogP contribution in [0.25, 0.3) is 0 Å². The summed E-state index contributed by atoms with van der Waals surface area (Å²) in [6.07, 6.45) is 0. The van der Waals surface area contributed by atoms with Crippen molar-refractivity contribution in [1.82, 2.24) is 29.4 Å². The minimum atomic E-state index is -0.139. The molecule has 2 aromatic rings. The lowest BCUT2D eigenvalue weighted by Gasteiger charge is -2.25. The zero-order valence-electron chi connectivity index (χ0n) is 35.5. The highest BCUT2D eigenvalue weighted by molar-refractivity contribution is 8.76. The first-order chi connectivity index (χ1) is 26.9. The van der Waals surface area contributed by atoms with Crippen molar-refractivity contribution in [3.05, 3.63) is 47.5 Å². The van der Waals surface area contributed by atoms with E-state index in [0.717, 1.165) is 26.2 Å². The van der Waals surface area contributed by atoms with Crippen molar-refractivity contribution >= 4 is 33.4 Å². The van der Waals surface area contributed by atoms with Crippen LogP contribution in [0.4, 0.5) is 0 Å². The summed E-state index contributed by atoms with van der Waals surface area (Å²) in [5, 5.41) is 0. The molecule has 0 unspecified atom stereocenters. The molecule has 0 N–H and O–H groups in total. The Balaban J connectivity index is 2.35. The Bertz CT molecular complexity index is 1270. The second kappa shape index (κ2) is 28.7. The molecule has 318 valence electrons. The molecule has 0 saturated carbocycles. The number of benzene rings is 2. The molecule has 56 heavy (non-hydrogen) atoms. The quantitative estimate of drug-likeness (QED) is 0.0815. The van der Waals surface area contributed by atoms with Gasteiger partial charge < -0.3 is 57.8 Å².